The third-order valence-electron chi connectivity index (χ3n) is 4.46. The van der Waals surface area contributed by atoms with Gasteiger partial charge in [-0.1, -0.05) is 30.3 Å². The zero-order valence-electron chi connectivity index (χ0n) is 14.5. The number of carbonyl (C=O) groups is 1. The molecule has 1 fully saturated rings. The van der Waals surface area contributed by atoms with Gasteiger partial charge in [-0.25, -0.2) is 0 Å². The summed E-state index contributed by atoms with van der Waals surface area (Å²) in [6.07, 6.45) is 0.938. The second kappa shape index (κ2) is 8.93. The molecule has 1 aliphatic rings. The van der Waals surface area contributed by atoms with Crippen molar-refractivity contribution in [3.05, 3.63) is 65.7 Å². The van der Waals surface area contributed by atoms with Crippen LogP contribution in [0.4, 0.5) is 5.69 Å². The molecule has 1 unspecified atom stereocenters. The molecule has 1 heterocycles. The maximum absolute atomic E-state index is 12.7. The molecular formula is C19H22N3O3S-. The number of hydrogen-bond acceptors (Lipinski definition) is 4. The van der Waals surface area contributed by atoms with Crippen molar-refractivity contribution in [2.75, 3.05) is 30.9 Å². The Morgan fingerprint density at radius 3 is 2.42 bits per heavy atom. The summed E-state index contributed by atoms with van der Waals surface area (Å²) in [7, 11) is 0. The number of carbonyl (C=O) groups excluding carboxylic acids is 1. The zero-order chi connectivity index (χ0) is 18.4. The van der Waals surface area contributed by atoms with Crippen LogP contribution in [0.1, 0.15) is 22.3 Å². The van der Waals surface area contributed by atoms with Crippen LogP contribution in [0.15, 0.2) is 54.6 Å². The minimum Gasteiger partial charge on any atom is -0.755 e. The first-order chi connectivity index (χ1) is 12.6. The maximum Gasteiger partial charge on any atom is 0.253 e. The fraction of sp³-hybridized carbons (Fsp3) is 0.316. The summed E-state index contributed by atoms with van der Waals surface area (Å²) < 4.78 is 23.6. The smallest absolute Gasteiger partial charge is 0.253 e. The lowest BCUT2D eigenvalue weighted by Crippen LogP contribution is -2.35. The molecule has 138 valence electrons. The third kappa shape index (κ3) is 5.14. The first kappa shape index (κ1) is 18.6. The topological polar surface area (TPSA) is 75.7 Å². The van der Waals surface area contributed by atoms with Gasteiger partial charge in [-0.15, -0.1) is 0 Å². The molecule has 1 atom stereocenters. The van der Waals surface area contributed by atoms with E-state index < -0.39 is 11.3 Å². The first-order valence-electron chi connectivity index (χ1n) is 8.63. The fourth-order valence-corrected chi connectivity index (χ4v) is 3.46. The molecular weight excluding hydrogens is 350 g/mol. The Morgan fingerprint density at radius 1 is 1.00 bits per heavy atom. The van der Waals surface area contributed by atoms with Crippen LogP contribution in [0, 0.1) is 0 Å². The van der Waals surface area contributed by atoms with Crippen molar-refractivity contribution in [3.8, 4) is 0 Å². The van der Waals surface area contributed by atoms with Crippen molar-refractivity contribution < 1.29 is 13.6 Å². The molecule has 26 heavy (non-hydrogen) atoms. The molecule has 1 saturated heterocycles. The predicted molar refractivity (Wildman–Crippen MR) is 101 cm³/mol. The largest absolute Gasteiger partial charge is 0.755 e. The first-order valence-corrected chi connectivity index (χ1v) is 9.71. The molecule has 7 heteroatoms. The van der Waals surface area contributed by atoms with E-state index in [-0.39, 0.29) is 5.91 Å². The van der Waals surface area contributed by atoms with E-state index in [2.05, 4.69) is 21.8 Å². The summed E-state index contributed by atoms with van der Waals surface area (Å²) in [5.41, 5.74) is 2.30. The van der Waals surface area contributed by atoms with E-state index in [0.717, 1.165) is 32.6 Å². The van der Waals surface area contributed by atoms with Crippen LogP contribution < -0.4 is 4.72 Å². The standard InChI is InChI=1S/C19H23N3O3S/c23-19(17-7-9-18(10-8-17)20-26(24)25)22-12-4-11-21(13-14-22)15-16-5-2-1-3-6-16/h1-3,5-10,20H,4,11-15H2,(H,24,25)/p-1. The Morgan fingerprint density at radius 2 is 1.73 bits per heavy atom. The Labute approximate surface area is 156 Å². The van der Waals surface area contributed by atoms with Crippen LogP contribution in [-0.2, 0) is 17.8 Å². The highest BCUT2D eigenvalue weighted by atomic mass is 32.2. The monoisotopic (exact) mass is 372 g/mol. The minimum absolute atomic E-state index is 0.0126. The summed E-state index contributed by atoms with van der Waals surface area (Å²) in [5.74, 6) is -0.0126. The lowest BCUT2D eigenvalue weighted by Gasteiger charge is -2.22. The average molecular weight is 372 g/mol. The number of benzene rings is 2. The third-order valence-corrected chi connectivity index (χ3v) is 4.86. The highest BCUT2D eigenvalue weighted by Gasteiger charge is 2.20. The van der Waals surface area contributed by atoms with Gasteiger partial charge in [0.05, 0.1) is 0 Å². The van der Waals surface area contributed by atoms with Gasteiger partial charge in [0.1, 0.15) is 0 Å². The van der Waals surface area contributed by atoms with E-state index in [1.54, 1.807) is 24.3 Å². The molecule has 0 aromatic heterocycles. The molecule has 2 aromatic rings. The van der Waals surface area contributed by atoms with Gasteiger partial charge in [-0.3, -0.25) is 13.9 Å². The van der Waals surface area contributed by atoms with Crippen molar-refractivity contribution in [3.63, 3.8) is 0 Å². The van der Waals surface area contributed by atoms with Gasteiger partial charge in [0.15, 0.2) is 0 Å². The van der Waals surface area contributed by atoms with Crippen LogP contribution in [0.5, 0.6) is 0 Å². The van der Waals surface area contributed by atoms with Crippen molar-refractivity contribution in [1.29, 1.82) is 0 Å². The van der Waals surface area contributed by atoms with E-state index in [9.17, 15) is 13.6 Å². The second-order valence-electron chi connectivity index (χ2n) is 6.32. The molecule has 6 nitrogen and oxygen atoms in total. The summed E-state index contributed by atoms with van der Waals surface area (Å²) in [6, 6.07) is 16.9. The Bertz CT molecular complexity index is 752. The molecule has 1 aliphatic heterocycles. The highest BCUT2D eigenvalue weighted by molar-refractivity contribution is 7.80. The van der Waals surface area contributed by atoms with E-state index >= 15 is 0 Å². The molecule has 0 spiro atoms. The molecule has 2 aromatic carbocycles. The van der Waals surface area contributed by atoms with E-state index in [4.69, 9.17) is 0 Å². The van der Waals surface area contributed by atoms with Crippen LogP contribution in [-0.4, -0.2) is 50.6 Å². The van der Waals surface area contributed by atoms with Gasteiger partial charge in [-0.05, 0) is 36.2 Å². The van der Waals surface area contributed by atoms with Gasteiger partial charge >= 0.3 is 0 Å². The molecule has 1 amide bonds. The van der Waals surface area contributed by atoms with E-state index in [0.29, 0.717) is 17.8 Å². The quantitative estimate of drug-likeness (QED) is 0.817. The van der Waals surface area contributed by atoms with Crippen molar-refractivity contribution in [2.45, 2.75) is 13.0 Å². The van der Waals surface area contributed by atoms with E-state index in [1.165, 1.54) is 5.56 Å². The summed E-state index contributed by atoms with van der Waals surface area (Å²) >= 11 is -2.36. The summed E-state index contributed by atoms with van der Waals surface area (Å²) in [4.78, 5) is 17.0. The highest BCUT2D eigenvalue weighted by Crippen LogP contribution is 2.14. The Balaban J connectivity index is 1.58. The van der Waals surface area contributed by atoms with Crippen LogP contribution in [0.25, 0.3) is 0 Å². The Hall–Kier alpha value is -2.22. The number of rotatable bonds is 5. The fourth-order valence-electron chi connectivity index (χ4n) is 3.13. The van der Waals surface area contributed by atoms with Gasteiger partial charge in [0.25, 0.3) is 5.91 Å². The zero-order valence-corrected chi connectivity index (χ0v) is 15.3. The molecule has 0 aliphatic carbocycles. The number of nitrogens with zero attached hydrogens (tertiary/aromatic N) is 2. The molecule has 3 rings (SSSR count). The van der Waals surface area contributed by atoms with Gasteiger partial charge in [0.2, 0.25) is 0 Å². The van der Waals surface area contributed by atoms with Gasteiger partial charge < -0.3 is 14.2 Å². The molecule has 0 bridgehead atoms. The SMILES string of the molecule is O=C(c1ccc(NS(=O)[O-])cc1)N1CCCN(Cc2ccccc2)CC1. The number of amides is 1. The molecule has 1 N–H and O–H groups in total. The average Bonchev–Trinajstić information content (AvgIpc) is 2.88. The van der Waals surface area contributed by atoms with Gasteiger partial charge in [0, 0.05) is 55.2 Å². The maximum atomic E-state index is 12.7. The Kier molecular flexibility index (Phi) is 6.38. The number of hydrogen-bond donors (Lipinski definition) is 1. The minimum atomic E-state index is -2.36. The normalized spacial score (nSPS) is 16.7. The number of anilines is 1. The van der Waals surface area contributed by atoms with Crippen molar-refractivity contribution in [1.82, 2.24) is 9.80 Å². The number of nitrogens with one attached hydrogen (secondary N) is 1. The summed E-state index contributed by atoms with van der Waals surface area (Å²) in [5, 5.41) is 0. The van der Waals surface area contributed by atoms with Crippen LogP contribution in [0.2, 0.25) is 0 Å². The lowest BCUT2D eigenvalue weighted by atomic mass is 10.2. The second-order valence-corrected chi connectivity index (χ2v) is 7.00. The van der Waals surface area contributed by atoms with Crippen molar-refractivity contribution >= 4 is 22.9 Å². The van der Waals surface area contributed by atoms with Gasteiger partial charge in [-0.2, -0.15) is 0 Å². The van der Waals surface area contributed by atoms with Crippen LogP contribution >= 0.6 is 0 Å². The molecule has 0 saturated carbocycles. The molecule has 0 radical (unpaired) electrons. The van der Waals surface area contributed by atoms with Crippen LogP contribution in [0.3, 0.4) is 0 Å². The van der Waals surface area contributed by atoms with E-state index in [1.807, 2.05) is 23.1 Å². The predicted octanol–water partition coefficient (Wildman–Crippen LogP) is 2.24. The summed E-state index contributed by atoms with van der Waals surface area (Å²) in [6.45, 7) is 4.13. The van der Waals surface area contributed by atoms with Crippen molar-refractivity contribution in [2.24, 2.45) is 0 Å². The lowest BCUT2D eigenvalue weighted by molar-refractivity contribution is 0.0761.